The molecule has 4 heteroatoms. The van der Waals surface area contributed by atoms with Crippen molar-refractivity contribution < 1.29 is 9.53 Å². The van der Waals surface area contributed by atoms with Crippen LogP contribution in [0.5, 0.6) is 0 Å². The Morgan fingerprint density at radius 1 is 1.05 bits per heavy atom. The van der Waals surface area contributed by atoms with Crippen LogP contribution in [-0.2, 0) is 22.5 Å². The van der Waals surface area contributed by atoms with Gasteiger partial charge in [0.05, 0.1) is 6.61 Å². The van der Waals surface area contributed by atoms with Gasteiger partial charge in [0.15, 0.2) is 0 Å². The van der Waals surface area contributed by atoms with Gasteiger partial charge in [0, 0.05) is 20.1 Å². The number of nitrogens with one attached hydrogen (secondary N) is 1. The van der Waals surface area contributed by atoms with Crippen LogP contribution in [0.3, 0.4) is 0 Å². The molecule has 2 rings (SSSR count). The van der Waals surface area contributed by atoms with Crippen LogP contribution in [0.1, 0.15) is 11.1 Å². The molecule has 0 bridgehead atoms. The number of rotatable bonds is 8. The van der Waals surface area contributed by atoms with Gasteiger partial charge in [-0.2, -0.15) is 0 Å². The summed E-state index contributed by atoms with van der Waals surface area (Å²) in [7, 11) is 1.58. The summed E-state index contributed by atoms with van der Waals surface area (Å²) in [5.41, 5.74) is 6.90. The molecule has 1 amide bonds. The van der Waals surface area contributed by atoms with E-state index in [1.165, 1.54) is 0 Å². The summed E-state index contributed by atoms with van der Waals surface area (Å²) in [5, 5.41) is 3.30. The number of carbonyl (C=O) groups is 1. The topological polar surface area (TPSA) is 64.3 Å². The number of hydrogen-bond acceptors (Lipinski definition) is 3. The Labute approximate surface area is 131 Å². The second kappa shape index (κ2) is 7.73. The zero-order chi connectivity index (χ0) is 15.8. The molecule has 2 aromatic carbocycles. The highest BCUT2D eigenvalue weighted by atomic mass is 16.5. The molecule has 0 fully saturated rings. The molecule has 22 heavy (non-hydrogen) atoms. The van der Waals surface area contributed by atoms with Crippen LogP contribution in [0.4, 0.5) is 0 Å². The van der Waals surface area contributed by atoms with E-state index in [9.17, 15) is 4.79 Å². The van der Waals surface area contributed by atoms with Crippen molar-refractivity contribution in [1.82, 2.24) is 5.32 Å². The second-order valence-corrected chi connectivity index (χ2v) is 5.38. The van der Waals surface area contributed by atoms with Gasteiger partial charge in [-0.3, -0.25) is 10.1 Å². The van der Waals surface area contributed by atoms with Crippen molar-refractivity contribution in [2.24, 2.45) is 5.73 Å². The molecule has 0 aliphatic rings. The van der Waals surface area contributed by atoms with E-state index in [2.05, 4.69) is 5.32 Å². The van der Waals surface area contributed by atoms with E-state index in [0.29, 0.717) is 13.0 Å². The van der Waals surface area contributed by atoms with Gasteiger partial charge in [0.2, 0.25) is 5.91 Å². The van der Waals surface area contributed by atoms with Gasteiger partial charge in [0.25, 0.3) is 0 Å². The lowest BCUT2D eigenvalue weighted by Crippen LogP contribution is -2.59. The molecule has 3 N–H and O–H groups in total. The predicted molar refractivity (Wildman–Crippen MR) is 87.2 cm³/mol. The van der Waals surface area contributed by atoms with E-state index in [-0.39, 0.29) is 6.61 Å². The van der Waals surface area contributed by atoms with Crippen LogP contribution in [0.2, 0.25) is 0 Å². The van der Waals surface area contributed by atoms with E-state index >= 15 is 0 Å². The van der Waals surface area contributed by atoms with Crippen molar-refractivity contribution in [3.8, 4) is 0 Å². The van der Waals surface area contributed by atoms with Gasteiger partial charge in [-0.05, 0) is 11.1 Å². The normalized spacial score (nSPS) is 13.5. The Balaban J connectivity index is 2.18. The first-order valence-electron chi connectivity index (χ1n) is 7.28. The first kappa shape index (κ1) is 16.2. The average Bonchev–Trinajstić information content (AvgIpc) is 2.54. The van der Waals surface area contributed by atoms with Crippen LogP contribution >= 0.6 is 0 Å². The third-order valence-corrected chi connectivity index (χ3v) is 3.68. The van der Waals surface area contributed by atoms with E-state index in [1.807, 2.05) is 60.7 Å². The molecular formula is C18H22N2O2. The SMILES string of the molecule is COCC(Cc1ccccc1)(NCc1ccccc1)C(N)=O. The van der Waals surface area contributed by atoms with Crippen molar-refractivity contribution in [3.63, 3.8) is 0 Å². The minimum absolute atomic E-state index is 0.226. The summed E-state index contributed by atoms with van der Waals surface area (Å²) in [6.07, 6.45) is 0.490. The van der Waals surface area contributed by atoms with Crippen LogP contribution in [-0.4, -0.2) is 25.2 Å². The number of methoxy groups -OCH3 is 1. The Bertz CT molecular complexity index is 587. The van der Waals surface area contributed by atoms with E-state index in [1.54, 1.807) is 7.11 Å². The van der Waals surface area contributed by atoms with Crippen molar-refractivity contribution in [3.05, 3.63) is 71.8 Å². The monoisotopic (exact) mass is 298 g/mol. The first-order chi connectivity index (χ1) is 10.7. The van der Waals surface area contributed by atoms with Crippen LogP contribution in [0.25, 0.3) is 0 Å². The zero-order valence-electron chi connectivity index (χ0n) is 12.8. The molecule has 0 aliphatic heterocycles. The number of carbonyl (C=O) groups excluding carboxylic acids is 1. The maximum atomic E-state index is 12.1. The van der Waals surface area contributed by atoms with Crippen molar-refractivity contribution in [2.75, 3.05) is 13.7 Å². The summed E-state index contributed by atoms with van der Waals surface area (Å²) in [4.78, 5) is 12.1. The molecule has 0 saturated heterocycles. The quantitative estimate of drug-likeness (QED) is 0.782. The maximum absolute atomic E-state index is 12.1. The van der Waals surface area contributed by atoms with Gasteiger partial charge < -0.3 is 10.5 Å². The minimum Gasteiger partial charge on any atom is -0.382 e. The van der Waals surface area contributed by atoms with Crippen LogP contribution in [0, 0.1) is 0 Å². The lowest BCUT2D eigenvalue weighted by molar-refractivity contribution is -0.126. The van der Waals surface area contributed by atoms with Crippen molar-refractivity contribution >= 4 is 5.91 Å². The largest absolute Gasteiger partial charge is 0.382 e. The van der Waals surface area contributed by atoms with Crippen molar-refractivity contribution in [2.45, 2.75) is 18.5 Å². The number of amides is 1. The Morgan fingerprint density at radius 2 is 1.59 bits per heavy atom. The summed E-state index contributed by atoms with van der Waals surface area (Å²) in [6, 6.07) is 19.7. The Morgan fingerprint density at radius 3 is 2.09 bits per heavy atom. The molecule has 0 radical (unpaired) electrons. The Hall–Kier alpha value is -2.17. The fourth-order valence-corrected chi connectivity index (χ4v) is 2.47. The summed E-state index contributed by atoms with van der Waals surface area (Å²) in [5.74, 6) is -0.408. The molecule has 0 aliphatic carbocycles. The third kappa shape index (κ3) is 4.16. The number of benzene rings is 2. The highest BCUT2D eigenvalue weighted by molar-refractivity contribution is 5.85. The van der Waals surface area contributed by atoms with E-state index < -0.39 is 11.4 Å². The number of ether oxygens (including phenoxy) is 1. The Kier molecular flexibility index (Phi) is 5.69. The molecule has 4 nitrogen and oxygen atoms in total. The predicted octanol–water partition coefficient (Wildman–Crippen LogP) is 1.89. The maximum Gasteiger partial charge on any atom is 0.240 e. The highest BCUT2D eigenvalue weighted by Crippen LogP contribution is 2.15. The molecule has 0 aromatic heterocycles. The average molecular weight is 298 g/mol. The fourth-order valence-electron chi connectivity index (χ4n) is 2.47. The number of hydrogen-bond donors (Lipinski definition) is 2. The molecule has 116 valence electrons. The number of nitrogens with two attached hydrogens (primary N) is 1. The van der Waals surface area contributed by atoms with Crippen LogP contribution < -0.4 is 11.1 Å². The minimum atomic E-state index is -0.925. The molecule has 1 atom stereocenters. The smallest absolute Gasteiger partial charge is 0.240 e. The number of primary amides is 1. The summed E-state index contributed by atoms with van der Waals surface area (Å²) < 4.78 is 5.27. The molecule has 0 heterocycles. The molecule has 0 saturated carbocycles. The third-order valence-electron chi connectivity index (χ3n) is 3.68. The van der Waals surface area contributed by atoms with Gasteiger partial charge in [-0.25, -0.2) is 0 Å². The zero-order valence-corrected chi connectivity index (χ0v) is 12.8. The van der Waals surface area contributed by atoms with Gasteiger partial charge >= 0.3 is 0 Å². The summed E-state index contributed by atoms with van der Waals surface area (Å²) in [6.45, 7) is 0.782. The van der Waals surface area contributed by atoms with Gasteiger partial charge in [-0.1, -0.05) is 60.7 Å². The summed E-state index contributed by atoms with van der Waals surface area (Å²) >= 11 is 0. The lowest BCUT2D eigenvalue weighted by Gasteiger charge is -2.31. The van der Waals surface area contributed by atoms with Crippen molar-refractivity contribution in [1.29, 1.82) is 0 Å². The van der Waals surface area contributed by atoms with E-state index in [4.69, 9.17) is 10.5 Å². The van der Waals surface area contributed by atoms with Gasteiger partial charge in [0.1, 0.15) is 5.54 Å². The molecule has 2 aromatic rings. The van der Waals surface area contributed by atoms with E-state index in [0.717, 1.165) is 11.1 Å². The lowest BCUT2D eigenvalue weighted by atomic mass is 9.90. The molecular weight excluding hydrogens is 276 g/mol. The van der Waals surface area contributed by atoms with Crippen LogP contribution in [0.15, 0.2) is 60.7 Å². The standard InChI is InChI=1S/C18H22N2O2/c1-22-14-18(17(19)21,12-15-8-4-2-5-9-15)20-13-16-10-6-3-7-11-16/h2-11,20H,12-14H2,1H3,(H2,19,21). The first-order valence-corrected chi connectivity index (χ1v) is 7.28. The molecule has 0 spiro atoms. The molecule has 1 unspecified atom stereocenters. The van der Waals surface area contributed by atoms with Gasteiger partial charge in [-0.15, -0.1) is 0 Å². The fraction of sp³-hybridized carbons (Fsp3) is 0.278. The highest BCUT2D eigenvalue weighted by Gasteiger charge is 2.36. The second-order valence-electron chi connectivity index (χ2n) is 5.38.